The zero-order valence-electron chi connectivity index (χ0n) is 17.2. The molecule has 1 aliphatic carbocycles. The fourth-order valence-electron chi connectivity index (χ4n) is 4.02. The van der Waals surface area contributed by atoms with Gasteiger partial charge in [0.1, 0.15) is 6.54 Å². The van der Waals surface area contributed by atoms with Crippen molar-refractivity contribution in [2.45, 2.75) is 12.8 Å². The third-order valence-corrected chi connectivity index (χ3v) is 6.09. The van der Waals surface area contributed by atoms with E-state index in [1.54, 1.807) is 12.1 Å². The zero-order valence-corrected chi connectivity index (χ0v) is 18.0. The first-order valence-electron chi connectivity index (χ1n) is 10.2. The van der Waals surface area contributed by atoms with E-state index in [1.807, 2.05) is 12.2 Å². The van der Waals surface area contributed by atoms with E-state index in [4.69, 9.17) is 11.6 Å². The number of imide groups is 1. The highest BCUT2D eigenvalue weighted by molar-refractivity contribution is 6.34. The molecule has 0 bridgehead atoms. The summed E-state index contributed by atoms with van der Waals surface area (Å²) in [6, 6.07) is 11.0. The maximum Gasteiger partial charge on any atom is 0.274 e. The Morgan fingerprint density at radius 3 is 2.12 bits per heavy atom. The van der Waals surface area contributed by atoms with Gasteiger partial charge in [-0.2, -0.15) is 5.01 Å². The highest BCUT2D eigenvalue weighted by Gasteiger charge is 2.51. The lowest BCUT2D eigenvalue weighted by atomic mass is 9.85. The first-order chi connectivity index (χ1) is 15.8. The van der Waals surface area contributed by atoms with Crippen molar-refractivity contribution in [3.05, 3.63) is 86.9 Å². The van der Waals surface area contributed by atoms with Gasteiger partial charge < -0.3 is 0 Å². The number of amides is 3. The minimum Gasteiger partial charge on any atom is -0.292 e. The van der Waals surface area contributed by atoms with Crippen LogP contribution in [0, 0.1) is 22.0 Å². The number of ketones is 1. The third-order valence-electron chi connectivity index (χ3n) is 5.76. The van der Waals surface area contributed by atoms with Gasteiger partial charge in [-0.1, -0.05) is 35.9 Å². The Kier molecular flexibility index (Phi) is 6.06. The van der Waals surface area contributed by atoms with Gasteiger partial charge in [0.15, 0.2) is 5.78 Å². The summed E-state index contributed by atoms with van der Waals surface area (Å²) in [7, 11) is 0. The second kappa shape index (κ2) is 8.95. The molecular weight excluding hydrogens is 450 g/mol. The molecule has 1 fully saturated rings. The second-order valence-electron chi connectivity index (χ2n) is 7.71. The number of carbonyl (C=O) groups excluding carboxylic acids is 4. The van der Waals surface area contributed by atoms with Crippen molar-refractivity contribution in [1.82, 2.24) is 10.0 Å². The number of Topliss-reactive ketones (excluding diaryl/α,β-unsaturated/α-hetero) is 1. The lowest BCUT2D eigenvalue weighted by Crippen LogP contribution is -2.52. The Morgan fingerprint density at radius 2 is 1.58 bits per heavy atom. The number of non-ortho nitro benzene ring substituents is 1. The largest absolute Gasteiger partial charge is 0.292 e. The lowest BCUT2D eigenvalue weighted by molar-refractivity contribution is -0.384. The number of fused-ring (bicyclic) bond motifs is 1. The number of halogens is 1. The molecule has 0 N–H and O–H groups in total. The molecule has 1 heterocycles. The van der Waals surface area contributed by atoms with E-state index in [-0.39, 0.29) is 21.8 Å². The molecule has 10 heteroatoms. The van der Waals surface area contributed by atoms with Crippen molar-refractivity contribution >= 4 is 40.8 Å². The van der Waals surface area contributed by atoms with Gasteiger partial charge in [-0.15, -0.1) is 0 Å². The molecule has 1 saturated heterocycles. The topological polar surface area (TPSA) is 118 Å². The Balaban J connectivity index is 1.69. The Bertz CT molecular complexity index is 1170. The maximum absolute atomic E-state index is 13.4. The van der Waals surface area contributed by atoms with E-state index in [2.05, 4.69) is 0 Å². The van der Waals surface area contributed by atoms with Gasteiger partial charge in [0.25, 0.3) is 23.4 Å². The van der Waals surface area contributed by atoms with Crippen LogP contribution in [0.3, 0.4) is 0 Å². The van der Waals surface area contributed by atoms with E-state index in [9.17, 15) is 29.3 Å². The highest BCUT2D eigenvalue weighted by atomic mass is 35.5. The van der Waals surface area contributed by atoms with Crippen LogP contribution in [0.4, 0.5) is 5.69 Å². The average Bonchev–Trinajstić information content (AvgIpc) is 3.07. The number of benzene rings is 2. The van der Waals surface area contributed by atoms with E-state index >= 15 is 0 Å². The van der Waals surface area contributed by atoms with Crippen LogP contribution in [0.5, 0.6) is 0 Å². The van der Waals surface area contributed by atoms with Crippen LogP contribution in [-0.4, -0.2) is 45.0 Å². The zero-order chi connectivity index (χ0) is 23.7. The summed E-state index contributed by atoms with van der Waals surface area (Å²) in [5.41, 5.74) is -0.0722. The molecule has 0 radical (unpaired) electrons. The minimum atomic E-state index is -0.774. The van der Waals surface area contributed by atoms with E-state index in [0.29, 0.717) is 12.8 Å². The Hall–Kier alpha value is -3.85. The number of nitrogens with zero attached hydrogens (tertiary/aromatic N) is 3. The van der Waals surface area contributed by atoms with Crippen LogP contribution in [0.25, 0.3) is 0 Å². The van der Waals surface area contributed by atoms with Gasteiger partial charge >= 0.3 is 0 Å². The summed E-state index contributed by atoms with van der Waals surface area (Å²) in [5.74, 6) is -3.67. The molecule has 2 atom stereocenters. The van der Waals surface area contributed by atoms with Crippen molar-refractivity contribution in [3.63, 3.8) is 0 Å². The first-order valence-corrected chi connectivity index (χ1v) is 10.5. The van der Waals surface area contributed by atoms with Crippen LogP contribution in [0.1, 0.15) is 33.6 Å². The molecule has 9 nitrogen and oxygen atoms in total. The quantitative estimate of drug-likeness (QED) is 0.211. The molecule has 0 saturated carbocycles. The standard InChI is InChI=1S/C23H18ClN3O6/c24-19-8-4-3-7-18(19)21(29)25(13-20(28)14-9-11-15(12-10-14)27(32)33)26-22(30)16-5-1-2-6-17(16)23(26)31/h1-4,7-12,16-17H,5-6,13H2/t16-,17+. The summed E-state index contributed by atoms with van der Waals surface area (Å²) in [5, 5.41) is 12.6. The van der Waals surface area contributed by atoms with Gasteiger partial charge in [-0.3, -0.25) is 29.3 Å². The summed E-state index contributed by atoms with van der Waals surface area (Å²) in [4.78, 5) is 62.9. The van der Waals surface area contributed by atoms with Gasteiger partial charge in [-0.25, -0.2) is 5.01 Å². The van der Waals surface area contributed by atoms with Gasteiger partial charge in [-0.05, 0) is 37.1 Å². The predicted molar refractivity (Wildman–Crippen MR) is 117 cm³/mol. The number of allylic oxidation sites excluding steroid dienone is 2. The SMILES string of the molecule is O=C(CN(C(=O)c1ccccc1Cl)N1C(=O)[C@H]2CC=CC[C@H]2C1=O)c1ccc([N+](=O)[O-])cc1. The first kappa shape index (κ1) is 22.3. The molecule has 3 amide bonds. The molecule has 1 aliphatic heterocycles. The number of carbonyl (C=O) groups is 4. The van der Waals surface area contributed by atoms with Crippen molar-refractivity contribution < 1.29 is 24.1 Å². The monoisotopic (exact) mass is 467 g/mol. The maximum atomic E-state index is 13.4. The Labute approximate surface area is 193 Å². The number of nitro groups is 1. The van der Waals surface area contributed by atoms with Crippen molar-refractivity contribution in [3.8, 4) is 0 Å². The highest BCUT2D eigenvalue weighted by Crippen LogP contribution is 2.36. The molecule has 0 unspecified atom stereocenters. The molecule has 168 valence electrons. The van der Waals surface area contributed by atoms with Crippen molar-refractivity contribution in [2.24, 2.45) is 11.8 Å². The minimum absolute atomic E-state index is 0.0317. The summed E-state index contributed by atoms with van der Waals surface area (Å²) in [6.45, 7) is -0.619. The number of nitro benzene ring substituents is 1. The Morgan fingerprint density at radius 1 is 1.00 bits per heavy atom. The molecule has 0 aromatic heterocycles. The summed E-state index contributed by atoms with van der Waals surface area (Å²) in [6.07, 6.45) is 4.38. The van der Waals surface area contributed by atoms with E-state index in [1.165, 1.54) is 36.4 Å². The van der Waals surface area contributed by atoms with Gasteiger partial charge in [0.2, 0.25) is 0 Å². The molecule has 0 spiro atoms. The third kappa shape index (κ3) is 4.14. The molecule has 2 aliphatic rings. The average molecular weight is 468 g/mol. The van der Waals surface area contributed by atoms with Crippen LogP contribution < -0.4 is 0 Å². The number of hydrazine groups is 1. The van der Waals surface area contributed by atoms with Gasteiger partial charge in [0.05, 0.1) is 27.3 Å². The van der Waals surface area contributed by atoms with Crippen LogP contribution in [0.2, 0.25) is 5.02 Å². The van der Waals surface area contributed by atoms with Gasteiger partial charge in [0, 0.05) is 17.7 Å². The van der Waals surface area contributed by atoms with Crippen LogP contribution in [0.15, 0.2) is 60.7 Å². The number of rotatable bonds is 6. The molecule has 2 aromatic carbocycles. The summed E-state index contributed by atoms with van der Waals surface area (Å²) < 4.78 is 0. The fourth-order valence-corrected chi connectivity index (χ4v) is 4.24. The lowest BCUT2D eigenvalue weighted by Gasteiger charge is -2.30. The van der Waals surface area contributed by atoms with Crippen molar-refractivity contribution in [1.29, 1.82) is 0 Å². The fraction of sp³-hybridized carbons (Fsp3) is 0.217. The number of hydrogen-bond acceptors (Lipinski definition) is 6. The molecular formula is C23H18ClN3O6. The molecule has 33 heavy (non-hydrogen) atoms. The number of hydrogen-bond donors (Lipinski definition) is 0. The van der Waals surface area contributed by atoms with Crippen LogP contribution in [-0.2, 0) is 9.59 Å². The van der Waals surface area contributed by atoms with Crippen LogP contribution >= 0.6 is 11.6 Å². The summed E-state index contributed by atoms with van der Waals surface area (Å²) >= 11 is 6.17. The van der Waals surface area contributed by atoms with E-state index < -0.39 is 46.8 Å². The molecule has 4 rings (SSSR count). The molecule has 2 aromatic rings. The smallest absolute Gasteiger partial charge is 0.274 e. The predicted octanol–water partition coefficient (Wildman–Crippen LogP) is 3.44. The van der Waals surface area contributed by atoms with Crippen molar-refractivity contribution in [2.75, 3.05) is 6.54 Å². The normalized spacial score (nSPS) is 19.4. The second-order valence-corrected chi connectivity index (χ2v) is 8.12. The van der Waals surface area contributed by atoms with E-state index in [0.717, 1.165) is 10.0 Å².